The minimum absolute atomic E-state index is 0. The van der Waals surface area contributed by atoms with Gasteiger partial charge in [-0.1, -0.05) is 6.08 Å². The minimum Gasteiger partial charge on any atom is -0.423 e. The van der Waals surface area contributed by atoms with Crippen LogP contribution in [0.4, 0.5) is 0 Å². The second kappa shape index (κ2) is 8.66. The molecule has 0 radical (unpaired) electrons. The Morgan fingerprint density at radius 1 is 1.78 bits per heavy atom. The molecular formula is C6H11NaO2. The molecule has 0 bridgehead atoms. The standard InChI is InChI=1S/C6H11O2.Na/c1-3-4-8-5-6(2)7;/h3,6-7H,1-2,4-5H2;/q-1;+1. The van der Waals surface area contributed by atoms with Gasteiger partial charge in [0.15, 0.2) is 0 Å². The first kappa shape index (κ1) is 12.3. The molecule has 0 aliphatic rings. The zero-order chi connectivity index (χ0) is 6.41. The summed E-state index contributed by atoms with van der Waals surface area (Å²) in [6, 6.07) is 0. The minimum atomic E-state index is -0.616. The number of rotatable bonds is 4. The van der Waals surface area contributed by atoms with E-state index in [1.807, 2.05) is 0 Å². The van der Waals surface area contributed by atoms with Crippen LogP contribution in [0.1, 0.15) is 0 Å². The van der Waals surface area contributed by atoms with Crippen molar-refractivity contribution in [2.24, 2.45) is 0 Å². The molecule has 0 aliphatic carbocycles. The second-order valence-corrected chi connectivity index (χ2v) is 1.48. The quantitative estimate of drug-likeness (QED) is 0.199. The van der Waals surface area contributed by atoms with E-state index in [1.165, 1.54) is 0 Å². The Labute approximate surface area is 78.2 Å². The summed E-state index contributed by atoms with van der Waals surface area (Å²) >= 11 is 0. The number of aliphatic hydroxyl groups excluding tert-OH is 1. The fourth-order valence-corrected chi connectivity index (χ4v) is 0.287. The summed E-state index contributed by atoms with van der Waals surface area (Å²) < 4.78 is 4.81. The molecule has 2 nitrogen and oxygen atoms in total. The average molecular weight is 138 g/mol. The normalized spacial score (nSPS) is 11.8. The maximum atomic E-state index is 8.51. The predicted octanol–water partition coefficient (Wildman–Crippen LogP) is -2.61. The van der Waals surface area contributed by atoms with Gasteiger partial charge in [-0.15, -0.1) is 6.58 Å². The molecule has 0 amide bonds. The molecule has 9 heavy (non-hydrogen) atoms. The van der Waals surface area contributed by atoms with Crippen LogP contribution in [0, 0.1) is 6.92 Å². The molecule has 0 fully saturated rings. The van der Waals surface area contributed by atoms with Crippen molar-refractivity contribution in [2.45, 2.75) is 6.10 Å². The Kier molecular flexibility index (Phi) is 11.9. The van der Waals surface area contributed by atoms with Gasteiger partial charge in [0, 0.05) is 6.61 Å². The third kappa shape index (κ3) is 12.0. The van der Waals surface area contributed by atoms with Gasteiger partial charge in [0.25, 0.3) is 0 Å². The fourth-order valence-electron chi connectivity index (χ4n) is 0.287. The second-order valence-electron chi connectivity index (χ2n) is 1.48. The summed E-state index contributed by atoms with van der Waals surface area (Å²) in [5, 5.41) is 8.51. The van der Waals surface area contributed by atoms with Crippen molar-refractivity contribution in [1.29, 1.82) is 0 Å². The van der Waals surface area contributed by atoms with E-state index in [0.29, 0.717) is 6.61 Å². The summed E-state index contributed by atoms with van der Waals surface area (Å²) in [7, 11) is 0. The number of ether oxygens (including phenoxy) is 1. The van der Waals surface area contributed by atoms with E-state index in [-0.39, 0.29) is 36.2 Å². The molecule has 1 atom stereocenters. The van der Waals surface area contributed by atoms with E-state index in [4.69, 9.17) is 9.84 Å². The van der Waals surface area contributed by atoms with Crippen molar-refractivity contribution >= 4 is 0 Å². The summed E-state index contributed by atoms with van der Waals surface area (Å²) in [6.45, 7) is 7.50. The van der Waals surface area contributed by atoms with Crippen molar-refractivity contribution in [3.63, 3.8) is 0 Å². The Hall–Kier alpha value is 0.660. The van der Waals surface area contributed by atoms with Crippen LogP contribution in [0.5, 0.6) is 0 Å². The maximum Gasteiger partial charge on any atom is 1.00 e. The van der Waals surface area contributed by atoms with Gasteiger partial charge in [-0.3, -0.25) is 0 Å². The summed E-state index contributed by atoms with van der Waals surface area (Å²) in [6.07, 6.45) is 1.01. The van der Waals surface area contributed by atoms with Crippen LogP contribution in [0.15, 0.2) is 12.7 Å². The summed E-state index contributed by atoms with van der Waals surface area (Å²) in [5.74, 6) is 0. The van der Waals surface area contributed by atoms with Crippen LogP contribution in [-0.4, -0.2) is 24.4 Å². The Morgan fingerprint density at radius 3 is 2.67 bits per heavy atom. The molecule has 0 aromatic rings. The van der Waals surface area contributed by atoms with Crippen LogP contribution in [0.25, 0.3) is 0 Å². The summed E-state index contributed by atoms with van der Waals surface area (Å²) in [4.78, 5) is 0. The first-order valence-electron chi connectivity index (χ1n) is 2.47. The number of hydrogen-bond acceptors (Lipinski definition) is 2. The Balaban J connectivity index is 0. The zero-order valence-electron chi connectivity index (χ0n) is 5.84. The average Bonchev–Trinajstić information content (AvgIpc) is 1.66. The molecule has 0 rings (SSSR count). The zero-order valence-corrected chi connectivity index (χ0v) is 7.84. The van der Waals surface area contributed by atoms with Crippen molar-refractivity contribution in [1.82, 2.24) is 0 Å². The van der Waals surface area contributed by atoms with Crippen molar-refractivity contribution in [3.8, 4) is 0 Å². The van der Waals surface area contributed by atoms with Crippen molar-refractivity contribution in [3.05, 3.63) is 19.6 Å². The topological polar surface area (TPSA) is 29.5 Å². The van der Waals surface area contributed by atoms with Crippen LogP contribution in [0.3, 0.4) is 0 Å². The van der Waals surface area contributed by atoms with E-state index in [9.17, 15) is 0 Å². The van der Waals surface area contributed by atoms with Crippen LogP contribution < -0.4 is 29.6 Å². The third-order valence-electron chi connectivity index (χ3n) is 0.546. The first-order valence-corrected chi connectivity index (χ1v) is 2.47. The van der Waals surface area contributed by atoms with Gasteiger partial charge in [-0.2, -0.15) is 0 Å². The van der Waals surface area contributed by atoms with Gasteiger partial charge < -0.3 is 16.8 Å². The number of hydrogen-bond donors (Lipinski definition) is 1. The number of aliphatic hydroxyl groups is 1. The molecule has 0 heterocycles. The predicted molar refractivity (Wildman–Crippen MR) is 32.4 cm³/mol. The molecule has 3 heteroatoms. The van der Waals surface area contributed by atoms with Gasteiger partial charge >= 0.3 is 29.6 Å². The van der Waals surface area contributed by atoms with Gasteiger partial charge in [-0.25, -0.2) is 0 Å². The summed E-state index contributed by atoms with van der Waals surface area (Å²) in [5.41, 5.74) is 0. The first-order chi connectivity index (χ1) is 3.77. The molecular weight excluding hydrogens is 127 g/mol. The van der Waals surface area contributed by atoms with Crippen molar-refractivity contribution in [2.75, 3.05) is 13.2 Å². The van der Waals surface area contributed by atoms with Gasteiger partial charge in [0.1, 0.15) is 0 Å². The SMILES string of the molecule is C=CCOCC([CH2-])O.[Na+]. The third-order valence-corrected chi connectivity index (χ3v) is 0.546. The van der Waals surface area contributed by atoms with Gasteiger partial charge in [0.05, 0.1) is 6.61 Å². The van der Waals surface area contributed by atoms with Gasteiger partial charge in [-0.05, 0) is 6.10 Å². The molecule has 0 aromatic heterocycles. The van der Waals surface area contributed by atoms with Crippen LogP contribution >= 0.6 is 0 Å². The van der Waals surface area contributed by atoms with E-state index in [0.717, 1.165) is 0 Å². The Bertz CT molecular complexity index is 64.1. The Morgan fingerprint density at radius 2 is 2.33 bits per heavy atom. The molecule has 0 saturated carbocycles. The maximum absolute atomic E-state index is 8.51. The molecule has 0 spiro atoms. The largest absolute Gasteiger partial charge is 1.00 e. The van der Waals surface area contributed by atoms with E-state index in [1.54, 1.807) is 6.08 Å². The molecule has 0 aliphatic heterocycles. The molecule has 1 unspecified atom stereocenters. The van der Waals surface area contributed by atoms with Crippen LogP contribution in [-0.2, 0) is 4.74 Å². The van der Waals surface area contributed by atoms with Crippen molar-refractivity contribution < 1.29 is 39.4 Å². The van der Waals surface area contributed by atoms with E-state index >= 15 is 0 Å². The molecule has 48 valence electrons. The smallest absolute Gasteiger partial charge is 0.423 e. The fraction of sp³-hybridized carbons (Fsp3) is 0.500. The monoisotopic (exact) mass is 138 g/mol. The van der Waals surface area contributed by atoms with Gasteiger partial charge in [0.2, 0.25) is 0 Å². The molecule has 0 saturated heterocycles. The molecule has 1 N–H and O–H groups in total. The van der Waals surface area contributed by atoms with E-state index in [2.05, 4.69) is 13.5 Å². The molecule has 0 aromatic carbocycles. The van der Waals surface area contributed by atoms with Crippen LogP contribution in [0.2, 0.25) is 0 Å². The van der Waals surface area contributed by atoms with E-state index < -0.39 is 6.10 Å².